The third-order valence-corrected chi connectivity index (χ3v) is 4.76. The summed E-state index contributed by atoms with van der Waals surface area (Å²) >= 11 is 5.66. The van der Waals surface area contributed by atoms with E-state index in [0.717, 1.165) is 31.0 Å². The number of benzene rings is 1. The number of rotatable bonds is 4. The molecule has 1 saturated heterocycles. The third kappa shape index (κ3) is 6.99. The molecule has 2 N–H and O–H groups in total. The molecular weight excluding hydrogens is 364 g/mol. The standard InChI is InChI=1S/C10H13ClN2O.C7H8O3S/c11-10-2-1-9(6-13-10)14-7-8-3-4-12-5-8;1-6-2-4-7(5-3-6)11(8,9)10/h1-2,6,8,12H,3-5,7H2;2-5H,1H3,(H,8,9,10)/t8-;/m0./s1. The molecule has 1 aliphatic rings. The molecule has 2 aromatic rings. The Hall–Kier alpha value is -1.67. The van der Waals surface area contributed by atoms with Gasteiger partial charge in [0.25, 0.3) is 10.1 Å². The number of aromatic nitrogens is 1. The van der Waals surface area contributed by atoms with E-state index in [1.54, 1.807) is 24.4 Å². The van der Waals surface area contributed by atoms with Gasteiger partial charge in [0.1, 0.15) is 10.9 Å². The van der Waals surface area contributed by atoms with E-state index in [1.165, 1.54) is 18.6 Å². The van der Waals surface area contributed by atoms with Gasteiger partial charge in [-0.15, -0.1) is 0 Å². The first-order chi connectivity index (χ1) is 11.8. The van der Waals surface area contributed by atoms with Gasteiger partial charge >= 0.3 is 0 Å². The average molecular weight is 385 g/mol. The van der Waals surface area contributed by atoms with Crippen molar-refractivity contribution >= 4 is 21.7 Å². The smallest absolute Gasteiger partial charge is 0.294 e. The zero-order valence-corrected chi connectivity index (χ0v) is 15.4. The molecule has 0 bridgehead atoms. The van der Waals surface area contributed by atoms with Crippen molar-refractivity contribution in [1.82, 2.24) is 10.3 Å². The van der Waals surface area contributed by atoms with Gasteiger partial charge in [0.2, 0.25) is 0 Å². The Morgan fingerprint density at radius 1 is 1.28 bits per heavy atom. The van der Waals surface area contributed by atoms with E-state index in [1.807, 2.05) is 13.0 Å². The van der Waals surface area contributed by atoms with Gasteiger partial charge in [-0.25, -0.2) is 4.98 Å². The molecule has 0 radical (unpaired) electrons. The first-order valence-electron chi connectivity index (χ1n) is 7.84. The summed E-state index contributed by atoms with van der Waals surface area (Å²) in [7, 11) is -4.02. The van der Waals surface area contributed by atoms with Crippen LogP contribution in [0.2, 0.25) is 5.15 Å². The second kappa shape index (κ2) is 9.15. The second-order valence-corrected chi connectivity index (χ2v) is 7.58. The minimum absolute atomic E-state index is 0.0666. The van der Waals surface area contributed by atoms with Gasteiger partial charge in [-0.2, -0.15) is 8.42 Å². The molecule has 1 aliphatic heterocycles. The SMILES string of the molecule is Cc1ccc(S(=O)(=O)O)cc1.Clc1ccc(OC[C@H]2CCNC2)cn1. The molecule has 136 valence electrons. The summed E-state index contributed by atoms with van der Waals surface area (Å²) in [5.74, 6) is 1.42. The van der Waals surface area contributed by atoms with Gasteiger partial charge in [-0.3, -0.25) is 4.55 Å². The molecule has 2 heterocycles. The summed E-state index contributed by atoms with van der Waals surface area (Å²) in [5.41, 5.74) is 0.956. The molecule has 1 atom stereocenters. The fourth-order valence-corrected chi connectivity index (χ4v) is 2.82. The number of aryl methyl sites for hydroxylation is 1. The molecule has 0 unspecified atom stereocenters. The minimum atomic E-state index is -4.02. The summed E-state index contributed by atoms with van der Waals surface area (Å²) in [6.45, 7) is 4.76. The fourth-order valence-electron chi connectivity index (χ4n) is 2.23. The van der Waals surface area contributed by atoms with Gasteiger partial charge < -0.3 is 10.1 Å². The summed E-state index contributed by atoms with van der Waals surface area (Å²) < 4.78 is 35.1. The Bertz CT molecular complexity index is 758. The zero-order valence-electron chi connectivity index (χ0n) is 13.9. The van der Waals surface area contributed by atoms with E-state index >= 15 is 0 Å². The Kier molecular flexibility index (Phi) is 7.19. The van der Waals surface area contributed by atoms with Crippen LogP contribution in [0.1, 0.15) is 12.0 Å². The molecule has 1 aromatic heterocycles. The van der Waals surface area contributed by atoms with Gasteiger partial charge in [-0.1, -0.05) is 29.3 Å². The van der Waals surface area contributed by atoms with Gasteiger partial charge in [0.15, 0.2) is 0 Å². The highest BCUT2D eigenvalue weighted by Crippen LogP contribution is 2.15. The third-order valence-electron chi connectivity index (χ3n) is 3.67. The van der Waals surface area contributed by atoms with Crippen LogP contribution in [-0.4, -0.2) is 37.7 Å². The lowest BCUT2D eigenvalue weighted by molar-refractivity contribution is 0.259. The van der Waals surface area contributed by atoms with E-state index in [4.69, 9.17) is 20.9 Å². The second-order valence-electron chi connectivity index (χ2n) is 5.77. The lowest BCUT2D eigenvalue weighted by atomic mass is 10.1. The number of nitrogens with zero attached hydrogens (tertiary/aromatic N) is 1. The molecule has 0 aliphatic carbocycles. The van der Waals surface area contributed by atoms with Crippen molar-refractivity contribution in [2.45, 2.75) is 18.2 Å². The zero-order chi connectivity index (χ0) is 18.3. The molecular formula is C17H21ClN2O4S. The Morgan fingerprint density at radius 2 is 2.00 bits per heavy atom. The largest absolute Gasteiger partial charge is 0.492 e. The van der Waals surface area contributed by atoms with Crippen molar-refractivity contribution in [2.75, 3.05) is 19.7 Å². The average Bonchev–Trinajstić information content (AvgIpc) is 3.08. The van der Waals surface area contributed by atoms with Gasteiger partial charge in [0.05, 0.1) is 17.7 Å². The topological polar surface area (TPSA) is 88.5 Å². The maximum absolute atomic E-state index is 10.5. The van der Waals surface area contributed by atoms with E-state index in [2.05, 4.69) is 10.3 Å². The summed E-state index contributed by atoms with van der Waals surface area (Å²) in [4.78, 5) is 3.88. The van der Waals surface area contributed by atoms with Crippen LogP contribution >= 0.6 is 11.6 Å². The van der Waals surface area contributed by atoms with Crippen LogP contribution in [0.5, 0.6) is 5.75 Å². The van der Waals surface area contributed by atoms with Crippen LogP contribution in [0.25, 0.3) is 0 Å². The van der Waals surface area contributed by atoms with Crippen molar-refractivity contribution in [3.63, 3.8) is 0 Å². The molecule has 0 saturated carbocycles. The lowest BCUT2D eigenvalue weighted by Crippen LogP contribution is -2.15. The van der Waals surface area contributed by atoms with E-state index < -0.39 is 10.1 Å². The van der Waals surface area contributed by atoms with Crippen LogP contribution in [0.15, 0.2) is 47.5 Å². The molecule has 0 spiro atoms. The van der Waals surface area contributed by atoms with E-state index in [9.17, 15) is 8.42 Å². The number of nitrogens with one attached hydrogen (secondary N) is 1. The van der Waals surface area contributed by atoms with E-state index in [-0.39, 0.29) is 4.90 Å². The Morgan fingerprint density at radius 3 is 2.52 bits per heavy atom. The molecule has 0 amide bonds. The first-order valence-corrected chi connectivity index (χ1v) is 9.65. The molecule has 3 rings (SSSR count). The van der Waals surface area contributed by atoms with Crippen LogP contribution in [0, 0.1) is 12.8 Å². The van der Waals surface area contributed by atoms with E-state index in [0.29, 0.717) is 11.1 Å². The Balaban J connectivity index is 0.000000186. The summed E-state index contributed by atoms with van der Waals surface area (Å²) in [6.07, 6.45) is 2.85. The summed E-state index contributed by atoms with van der Waals surface area (Å²) in [6, 6.07) is 9.57. The molecule has 1 fully saturated rings. The summed E-state index contributed by atoms with van der Waals surface area (Å²) in [5, 5.41) is 3.80. The predicted octanol–water partition coefficient (Wildman–Crippen LogP) is 2.97. The molecule has 1 aromatic carbocycles. The number of hydrogen-bond donors (Lipinski definition) is 2. The lowest BCUT2D eigenvalue weighted by Gasteiger charge is -2.10. The maximum Gasteiger partial charge on any atom is 0.294 e. The van der Waals surface area contributed by atoms with Crippen molar-refractivity contribution in [1.29, 1.82) is 0 Å². The maximum atomic E-state index is 10.5. The normalized spacial score (nSPS) is 16.8. The van der Waals surface area contributed by atoms with Gasteiger partial charge in [-0.05, 0) is 44.2 Å². The van der Waals surface area contributed by atoms with Crippen molar-refractivity contribution < 1.29 is 17.7 Å². The number of hydrogen-bond acceptors (Lipinski definition) is 5. The highest BCUT2D eigenvalue weighted by molar-refractivity contribution is 7.85. The number of pyridine rings is 1. The monoisotopic (exact) mass is 384 g/mol. The highest BCUT2D eigenvalue weighted by atomic mass is 35.5. The van der Waals surface area contributed by atoms with Crippen LogP contribution in [-0.2, 0) is 10.1 Å². The highest BCUT2D eigenvalue weighted by Gasteiger charge is 2.14. The van der Waals surface area contributed by atoms with Crippen LogP contribution in [0.4, 0.5) is 0 Å². The van der Waals surface area contributed by atoms with Crippen LogP contribution < -0.4 is 10.1 Å². The fraction of sp³-hybridized carbons (Fsp3) is 0.353. The Labute approximate surface area is 152 Å². The van der Waals surface area contributed by atoms with Crippen molar-refractivity contribution in [3.05, 3.63) is 53.3 Å². The van der Waals surface area contributed by atoms with Crippen molar-refractivity contribution in [3.8, 4) is 5.75 Å². The molecule has 8 heteroatoms. The predicted molar refractivity (Wildman–Crippen MR) is 96.7 cm³/mol. The van der Waals surface area contributed by atoms with Gasteiger partial charge in [0, 0.05) is 12.5 Å². The van der Waals surface area contributed by atoms with Crippen molar-refractivity contribution in [2.24, 2.45) is 5.92 Å². The number of ether oxygens (including phenoxy) is 1. The van der Waals surface area contributed by atoms with Crippen LogP contribution in [0.3, 0.4) is 0 Å². The molecule has 25 heavy (non-hydrogen) atoms. The minimum Gasteiger partial charge on any atom is -0.492 e. The molecule has 6 nitrogen and oxygen atoms in total. The number of halogens is 1. The first kappa shape index (κ1) is 19.7. The quantitative estimate of drug-likeness (QED) is 0.622.